The molecule has 0 unspecified atom stereocenters. The number of carbonyl (C=O) groups excluding carboxylic acids is 1. The van der Waals surface area contributed by atoms with Gasteiger partial charge >= 0.3 is 12.0 Å². The van der Waals surface area contributed by atoms with Gasteiger partial charge in [-0.05, 0) is 68.9 Å². The summed E-state index contributed by atoms with van der Waals surface area (Å²) in [6.07, 6.45) is 0.366. The van der Waals surface area contributed by atoms with Gasteiger partial charge in [-0.2, -0.15) is 0 Å². The van der Waals surface area contributed by atoms with Crippen molar-refractivity contribution >= 4 is 29.1 Å². The minimum atomic E-state index is -0.904. The highest BCUT2D eigenvalue weighted by molar-refractivity contribution is 6.02. The van der Waals surface area contributed by atoms with Crippen LogP contribution in [0.15, 0.2) is 42.5 Å². The predicted molar refractivity (Wildman–Crippen MR) is 137 cm³/mol. The molecule has 0 aromatic heterocycles. The van der Waals surface area contributed by atoms with Crippen molar-refractivity contribution in [3.05, 3.63) is 53.6 Å². The van der Waals surface area contributed by atoms with E-state index in [4.69, 9.17) is 0 Å². The molecule has 6 nitrogen and oxygen atoms in total. The number of aryl methyl sites for hydroxylation is 1. The maximum atomic E-state index is 12.9. The molecule has 33 heavy (non-hydrogen) atoms. The fourth-order valence-electron chi connectivity index (χ4n) is 3.73. The van der Waals surface area contributed by atoms with Crippen LogP contribution in [-0.4, -0.2) is 30.2 Å². The number of aliphatic carboxylic acids is 1. The summed E-state index contributed by atoms with van der Waals surface area (Å²) in [5, 5.41) is 15.5. The molecule has 0 atom stereocenters. The van der Waals surface area contributed by atoms with Crippen molar-refractivity contribution in [2.24, 2.45) is 17.3 Å². The molecule has 0 saturated carbocycles. The third-order valence-electron chi connectivity index (χ3n) is 5.36. The molecule has 0 spiro atoms. The number of nitrogens with zero attached hydrogens (tertiary/aromatic N) is 1. The highest BCUT2D eigenvalue weighted by Crippen LogP contribution is 2.32. The summed E-state index contributed by atoms with van der Waals surface area (Å²) >= 11 is 0. The van der Waals surface area contributed by atoms with Crippen molar-refractivity contribution in [3.8, 4) is 0 Å². The van der Waals surface area contributed by atoms with Gasteiger partial charge in [-0.3, -0.25) is 4.79 Å². The van der Waals surface area contributed by atoms with Crippen molar-refractivity contribution in [1.82, 2.24) is 0 Å². The fraction of sp³-hybridized carbons (Fsp3) is 0.481. The highest BCUT2D eigenvalue weighted by Gasteiger charge is 2.28. The Labute approximate surface area is 198 Å². The van der Waals surface area contributed by atoms with Crippen molar-refractivity contribution in [3.63, 3.8) is 0 Å². The molecule has 2 aromatic rings. The van der Waals surface area contributed by atoms with Crippen LogP contribution >= 0.6 is 0 Å². The Morgan fingerprint density at radius 3 is 2.03 bits per heavy atom. The van der Waals surface area contributed by atoms with E-state index in [1.165, 1.54) is 0 Å². The monoisotopic (exact) mass is 453 g/mol. The number of hydrogen-bond acceptors (Lipinski definition) is 3. The smallest absolute Gasteiger partial charge is 0.323 e. The van der Waals surface area contributed by atoms with Crippen LogP contribution < -0.4 is 15.5 Å². The van der Waals surface area contributed by atoms with Crippen LogP contribution in [0.2, 0.25) is 0 Å². The Hall–Kier alpha value is -3.02. The van der Waals surface area contributed by atoms with E-state index in [1.807, 2.05) is 49.4 Å². The van der Waals surface area contributed by atoms with Gasteiger partial charge in [0.2, 0.25) is 0 Å². The molecule has 3 N–H and O–H groups in total. The van der Waals surface area contributed by atoms with E-state index in [2.05, 4.69) is 43.2 Å². The Kier molecular flexibility index (Phi) is 8.91. The topological polar surface area (TPSA) is 81.7 Å². The fourth-order valence-corrected chi connectivity index (χ4v) is 3.73. The lowest BCUT2D eigenvalue weighted by Crippen LogP contribution is -2.33. The third kappa shape index (κ3) is 8.12. The Morgan fingerprint density at radius 2 is 1.52 bits per heavy atom. The molecule has 0 aliphatic carbocycles. The first kappa shape index (κ1) is 26.2. The van der Waals surface area contributed by atoms with Gasteiger partial charge in [-0.15, -0.1) is 0 Å². The number of carboxylic acids is 1. The van der Waals surface area contributed by atoms with Crippen LogP contribution in [0.25, 0.3) is 0 Å². The molecular formula is C27H39N3O3. The minimum Gasteiger partial charge on any atom is -0.481 e. The normalized spacial score (nSPS) is 11.5. The minimum absolute atomic E-state index is 0.330. The zero-order valence-corrected chi connectivity index (χ0v) is 21.0. The van der Waals surface area contributed by atoms with E-state index in [0.717, 1.165) is 29.9 Å². The second-order valence-corrected chi connectivity index (χ2v) is 10.4. The Bertz CT molecular complexity index is 940. The molecule has 0 bridgehead atoms. The highest BCUT2D eigenvalue weighted by atomic mass is 16.4. The first-order valence-corrected chi connectivity index (χ1v) is 11.6. The van der Waals surface area contributed by atoms with E-state index < -0.39 is 11.4 Å². The van der Waals surface area contributed by atoms with Gasteiger partial charge in [0.05, 0.1) is 16.8 Å². The number of benzene rings is 2. The molecule has 2 aromatic carbocycles. The van der Waals surface area contributed by atoms with Crippen LogP contribution in [0.4, 0.5) is 21.9 Å². The summed E-state index contributed by atoms with van der Waals surface area (Å²) in [5.74, 6) is 0.0478. The average Bonchev–Trinajstić information content (AvgIpc) is 2.68. The third-order valence-corrected chi connectivity index (χ3v) is 5.36. The van der Waals surface area contributed by atoms with Gasteiger partial charge in [-0.1, -0.05) is 51.5 Å². The molecule has 6 heteroatoms. The molecular weight excluding hydrogens is 414 g/mol. The molecule has 2 amide bonds. The molecule has 0 heterocycles. The summed E-state index contributed by atoms with van der Waals surface area (Å²) in [4.78, 5) is 26.8. The van der Waals surface area contributed by atoms with E-state index in [-0.39, 0.29) is 6.03 Å². The van der Waals surface area contributed by atoms with Crippen molar-refractivity contribution in [2.75, 3.05) is 28.6 Å². The van der Waals surface area contributed by atoms with Crippen molar-refractivity contribution < 1.29 is 14.7 Å². The van der Waals surface area contributed by atoms with Crippen molar-refractivity contribution in [1.29, 1.82) is 0 Å². The number of rotatable bonds is 10. The van der Waals surface area contributed by atoms with Crippen LogP contribution in [0, 0.1) is 24.2 Å². The SMILES string of the molecule is Cc1ccc(NC(=O)Nc2cc(CC(C)(C)C(=O)O)ccc2N(CC(C)C)CC(C)C)cc1. The van der Waals surface area contributed by atoms with Crippen molar-refractivity contribution in [2.45, 2.75) is 54.9 Å². The largest absolute Gasteiger partial charge is 0.481 e. The maximum Gasteiger partial charge on any atom is 0.323 e. The zero-order valence-electron chi connectivity index (χ0n) is 21.0. The van der Waals surface area contributed by atoms with E-state index in [1.54, 1.807) is 13.8 Å². The molecule has 2 rings (SSSR count). The lowest BCUT2D eigenvalue weighted by molar-refractivity contribution is -0.146. The number of nitrogens with one attached hydrogen (secondary N) is 2. The number of carboxylic acid groups (broad SMARTS) is 1. The number of carbonyl (C=O) groups is 2. The molecule has 0 aliphatic rings. The Morgan fingerprint density at radius 1 is 0.939 bits per heavy atom. The van der Waals surface area contributed by atoms with Gasteiger partial charge in [0.25, 0.3) is 0 Å². The lowest BCUT2D eigenvalue weighted by atomic mass is 9.85. The molecule has 180 valence electrons. The second kappa shape index (κ2) is 11.2. The molecule has 0 radical (unpaired) electrons. The summed E-state index contributed by atoms with van der Waals surface area (Å²) < 4.78 is 0. The number of amides is 2. The van der Waals surface area contributed by atoms with Crippen LogP contribution in [-0.2, 0) is 11.2 Å². The second-order valence-electron chi connectivity index (χ2n) is 10.4. The zero-order chi connectivity index (χ0) is 24.8. The quantitative estimate of drug-likeness (QED) is 0.388. The van der Waals surface area contributed by atoms with Gasteiger partial charge < -0.3 is 20.6 Å². The van der Waals surface area contributed by atoms with Crippen LogP contribution in [0.5, 0.6) is 0 Å². The molecule has 0 aliphatic heterocycles. The molecule has 0 fully saturated rings. The average molecular weight is 454 g/mol. The summed E-state index contributed by atoms with van der Waals surface area (Å²) in [6, 6.07) is 13.2. The Balaban J connectivity index is 2.39. The first-order valence-electron chi connectivity index (χ1n) is 11.6. The summed E-state index contributed by atoms with van der Waals surface area (Å²) in [7, 11) is 0. The maximum absolute atomic E-state index is 12.9. The number of urea groups is 1. The predicted octanol–water partition coefficient (Wildman–Crippen LogP) is 6.41. The van der Waals surface area contributed by atoms with E-state index in [0.29, 0.717) is 29.6 Å². The van der Waals surface area contributed by atoms with E-state index in [9.17, 15) is 14.7 Å². The number of hydrogen-bond donors (Lipinski definition) is 3. The summed E-state index contributed by atoms with van der Waals surface area (Å²) in [5.41, 5.74) is 3.41. The standard InChI is InChI=1S/C27H39N3O3/c1-18(2)16-30(17-19(3)4)24-13-10-21(15-27(6,7)25(31)32)14-23(24)29-26(33)28-22-11-8-20(5)9-12-22/h8-14,18-19H,15-17H2,1-7H3,(H,31,32)(H2,28,29,33). The first-order chi connectivity index (χ1) is 15.4. The van der Waals surface area contributed by atoms with Gasteiger partial charge in [0.15, 0.2) is 0 Å². The molecule has 0 saturated heterocycles. The van der Waals surface area contributed by atoms with Gasteiger partial charge in [-0.25, -0.2) is 4.79 Å². The summed E-state index contributed by atoms with van der Waals surface area (Å²) in [6.45, 7) is 15.8. The van der Waals surface area contributed by atoms with Crippen LogP contribution in [0.1, 0.15) is 52.7 Å². The lowest BCUT2D eigenvalue weighted by Gasteiger charge is -2.31. The van der Waals surface area contributed by atoms with Crippen LogP contribution in [0.3, 0.4) is 0 Å². The number of anilines is 3. The van der Waals surface area contributed by atoms with Gasteiger partial charge in [0, 0.05) is 18.8 Å². The van der Waals surface area contributed by atoms with Gasteiger partial charge in [0.1, 0.15) is 0 Å². The van der Waals surface area contributed by atoms with E-state index >= 15 is 0 Å².